The van der Waals surface area contributed by atoms with E-state index in [4.69, 9.17) is 0 Å². The minimum absolute atomic E-state index is 0.162. The van der Waals surface area contributed by atoms with Crippen molar-refractivity contribution in [3.05, 3.63) is 29.3 Å². The molecular weight excluding hydrogens is 242 g/mol. The van der Waals surface area contributed by atoms with Crippen molar-refractivity contribution in [1.29, 1.82) is 0 Å². The molecule has 0 unspecified atom stereocenters. The van der Waals surface area contributed by atoms with Gasteiger partial charge in [-0.05, 0) is 67.4 Å². The highest BCUT2D eigenvalue weighted by atomic mass is 32.2. The van der Waals surface area contributed by atoms with Crippen LogP contribution in [0.25, 0.3) is 0 Å². The lowest BCUT2D eigenvalue weighted by molar-refractivity contribution is -0.117. The molecule has 18 heavy (non-hydrogen) atoms. The van der Waals surface area contributed by atoms with E-state index >= 15 is 0 Å². The van der Waals surface area contributed by atoms with E-state index in [9.17, 15) is 4.79 Å². The van der Waals surface area contributed by atoms with E-state index < -0.39 is 0 Å². The second-order valence-corrected chi connectivity index (χ2v) is 6.33. The van der Waals surface area contributed by atoms with Gasteiger partial charge in [0.15, 0.2) is 0 Å². The largest absolute Gasteiger partial charge is 0.326 e. The summed E-state index contributed by atoms with van der Waals surface area (Å²) in [6, 6.07) is 6.09. The Bertz CT molecular complexity index is 425. The Morgan fingerprint density at radius 1 is 1.28 bits per heavy atom. The highest BCUT2D eigenvalue weighted by Gasteiger charge is 2.17. The molecule has 0 saturated carbocycles. The van der Waals surface area contributed by atoms with E-state index in [-0.39, 0.29) is 5.91 Å². The van der Waals surface area contributed by atoms with E-state index in [1.807, 2.05) is 23.9 Å². The standard InChI is InChI=1S/C15H21NOS/c1-11-3-4-14(9-12(11)2)16-15(17)10-13-5-7-18-8-6-13/h3-4,9,13H,5-8,10H2,1-2H3,(H,16,17). The van der Waals surface area contributed by atoms with E-state index in [1.165, 1.54) is 35.5 Å². The number of amides is 1. The number of carbonyl (C=O) groups excluding carboxylic acids is 1. The molecule has 3 heteroatoms. The molecule has 0 aliphatic carbocycles. The zero-order valence-corrected chi connectivity index (χ0v) is 12.0. The van der Waals surface area contributed by atoms with Gasteiger partial charge in [-0.2, -0.15) is 11.8 Å². The van der Waals surface area contributed by atoms with Gasteiger partial charge in [-0.15, -0.1) is 0 Å². The van der Waals surface area contributed by atoms with Gasteiger partial charge in [0.05, 0.1) is 0 Å². The fourth-order valence-electron chi connectivity index (χ4n) is 2.24. The van der Waals surface area contributed by atoms with Crippen molar-refractivity contribution >= 4 is 23.4 Å². The molecule has 1 aliphatic heterocycles. The van der Waals surface area contributed by atoms with E-state index in [0.717, 1.165) is 5.69 Å². The zero-order valence-electron chi connectivity index (χ0n) is 11.2. The van der Waals surface area contributed by atoms with Gasteiger partial charge in [0.1, 0.15) is 0 Å². The molecule has 0 aromatic heterocycles. The molecule has 2 rings (SSSR count). The van der Waals surface area contributed by atoms with E-state index in [1.54, 1.807) is 0 Å². The molecular formula is C15H21NOS. The van der Waals surface area contributed by atoms with Gasteiger partial charge in [0.25, 0.3) is 0 Å². The Balaban J connectivity index is 1.88. The van der Waals surface area contributed by atoms with E-state index in [2.05, 4.69) is 25.2 Å². The van der Waals surface area contributed by atoms with Crippen LogP contribution in [-0.2, 0) is 4.79 Å². The first-order valence-electron chi connectivity index (χ1n) is 6.60. The number of hydrogen-bond donors (Lipinski definition) is 1. The number of aryl methyl sites for hydroxylation is 2. The fourth-order valence-corrected chi connectivity index (χ4v) is 3.45. The second kappa shape index (κ2) is 6.28. The highest BCUT2D eigenvalue weighted by molar-refractivity contribution is 7.99. The molecule has 1 aliphatic rings. The SMILES string of the molecule is Cc1ccc(NC(=O)CC2CCSCC2)cc1C. The summed E-state index contributed by atoms with van der Waals surface area (Å²) in [5, 5.41) is 3.01. The molecule has 0 radical (unpaired) electrons. The van der Waals surface area contributed by atoms with Crippen LogP contribution in [0.1, 0.15) is 30.4 Å². The van der Waals surface area contributed by atoms with Crippen LogP contribution >= 0.6 is 11.8 Å². The van der Waals surface area contributed by atoms with Crippen LogP contribution in [0.15, 0.2) is 18.2 Å². The van der Waals surface area contributed by atoms with Crippen molar-refractivity contribution in [2.24, 2.45) is 5.92 Å². The zero-order chi connectivity index (χ0) is 13.0. The van der Waals surface area contributed by atoms with Gasteiger partial charge >= 0.3 is 0 Å². The Morgan fingerprint density at radius 2 is 2.00 bits per heavy atom. The predicted octanol–water partition coefficient (Wildman–Crippen LogP) is 3.78. The van der Waals surface area contributed by atoms with Crippen LogP contribution in [0, 0.1) is 19.8 Å². The third-order valence-electron chi connectivity index (χ3n) is 3.61. The van der Waals surface area contributed by atoms with Gasteiger partial charge < -0.3 is 5.32 Å². The first kappa shape index (κ1) is 13.5. The third-order valence-corrected chi connectivity index (χ3v) is 4.65. The van der Waals surface area contributed by atoms with Crippen LogP contribution in [0.4, 0.5) is 5.69 Å². The summed E-state index contributed by atoms with van der Waals surface area (Å²) >= 11 is 2.00. The average Bonchev–Trinajstić information content (AvgIpc) is 2.35. The Morgan fingerprint density at radius 3 is 2.67 bits per heavy atom. The molecule has 1 aromatic rings. The average molecular weight is 263 g/mol. The summed E-state index contributed by atoms with van der Waals surface area (Å²) in [5.74, 6) is 3.16. The highest BCUT2D eigenvalue weighted by Crippen LogP contribution is 2.25. The van der Waals surface area contributed by atoms with Crippen LogP contribution in [0.2, 0.25) is 0 Å². The van der Waals surface area contributed by atoms with Gasteiger partial charge in [-0.25, -0.2) is 0 Å². The molecule has 1 saturated heterocycles. The molecule has 0 spiro atoms. The molecule has 1 aromatic carbocycles. The van der Waals surface area contributed by atoms with Gasteiger partial charge in [0, 0.05) is 12.1 Å². The number of hydrogen-bond acceptors (Lipinski definition) is 2. The maximum atomic E-state index is 12.0. The lowest BCUT2D eigenvalue weighted by Crippen LogP contribution is -2.19. The number of benzene rings is 1. The number of rotatable bonds is 3. The van der Waals surface area contributed by atoms with Gasteiger partial charge in [-0.1, -0.05) is 6.07 Å². The van der Waals surface area contributed by atoms with Crippen molar-refractivity contribution in [1.82, 2.24) is 0 Å². The third kappa shape index (κ3) is 3.77. The minimum atomic E-state index is 0.162. The lowest BCUT2D eigenvalue weighted by atomic mass is 9.98. The fraction of sp³-hybridized carbons (Fsp3) is 0.533. The maximum absolute atomic E-state index is 12.0. The number of nitrogens with one attached hydrogen (secondary N) is 1. The summed E-state index contributed by atoms with van der Waals surface area (Å²) in [5.41, 5.74) is 3.41. The second-order valence-electron chi connectivity index (χ2n) is 5.11. The number of thioether (sulfide) groups is 1. The van der Waals surface area contributed by atoms with E-state index in [0.29, 0.717) is 12.3 Å². The summed E-state index contributed by atoms with van der Waals surface area (Å²) in [4.78, 5) is 12.0. The van der Waals surface area contributed by atoms with Crippen molar-refractivity contribution in [3.8, 4) is 0 Å². The smallest absolute Gasteiger partial charge is 0.224 e. The number of anilines is 1. The lowest BCUT2D eigenvalue weighted by Gasteiger charge is -2.20. The molecule has 98 valence electrons. The topological polar surface area (TPSA) is 29.1 Å². The molecule has 1 amide bonds. The van der Waals surface area contributed by atoms with Crippen LogP contribution in [-0.4, -0.2) is 17.4 Å². The van der Waals surface area contributed by atoms with Crippen molar-refractivity contribution in [2.45, 2.75) is 33.1 Å². The van der Waals surface area contributed by atoms with Crippen molar-refractivity contribution < 1.29 is 4.79 Å². The molecule has 2 nitrogen and oxygen atoms in total. The monoisotopic (exact) mass is 263 g/mol. The Kier molecular flexibility index (Phi) is 4.70. The molecule has 1 N–H and O–H groups in total. The van der Waals surface area contributed by atoms with Gasteiger partial charge in [0.2, 0.25) is 5.91 Å². The van der Waals surface area contributed by atoms with Crippen LogP contribution < -0.4 is 5.32 Å². The summed E-state index contributed by atoms with van der Waals surface area (Å²) in [6.07, 6.45) is 3.05. The minimum Gasteiger partial charge on any atom is -0.326 e. The first-order valence-corrected chi connectivity index (χ1v) is 7.75. The predicted molar refractivity (Wildman–Crippen MR) is 79.2 cm³/mol. The Labute approximate surface area is 114 Å². The number of carbonyl (C=O) groups is 1. The first-order chi connectivity index (χ1) is 8.65. The molecule has 1 heterocycles. The molecule has 0 atom stereocenters. The van der Waals surface area contributed by atoms with Crippen LogP contribution in [0.3, 0.4) is 0 Å². The van der Waals surface area contributed by atoms with Crippen LogP contribution in [0.5, 0.6) is 0 Å². The Hall–Kier alpha value is -0.960. The molecule has 0 bridgehead atoms. The maximum Gasteiger partial charge on any atom is 0.224 e. The quantitative estimate of drug-likeness (QED) is 0.899. The summed E-state index contributed by atoms with van der Waals surface area (Å²) in [7, 11) is 0. The van der Waals surface area contributed by atoms with Gasteiger partial charge in [-0.3, -0.25) is 4.79 Å². The van der Waals surface area contributed by atoms with Crippen molar-refractivity contribution in [2.75, 3.05) is 16.8 Å². The normalized spacial score (nSPS) is 16.6. The summed E-state index contributed by atoms with van der Waals surface area (Å²) in [6.45, 7) is 4.16. The summed E-state index contributed by atoms with van der Waals surface area (Å²) < 4.78 is 0. The molecule has 1 fully saturated rings. The van der Waals surface area contributed by atoms with Crippen molar-refractivity contribution in [3.63, 3.8) is 0 Å².